The van der Waals surface area contributed by atoms with E-state index in [4.69, 9.17) is 10.5 Å². The van der Waals surface area contributed by atoms with Gasteiger partial charge in [0.1, 0.15) is 0 Å². The van der Waals surface area contributed by atoms with E-state index in [-0.39, 0.29) is 0 Å². The fourth-order valence-electron chi connectivity index (χ4n) is 1.89. The van der Waals surface area contributed by atoms with E-state index in [9.17, 15) is 0 Å². The first kappa shape index (κ1) is 13.0. The molecule has 0 radical (unpaired) electrons. The van der Waals surface area contributed by atoms with Crippen LogP contribution in [0.25, 0.3) is 0 Å². The Bertz CT molecular complexity index is 240. The van der Waals surface area contributed by atoms with Crippen LogP contribution < -0.4 is 5.73 Å². The summed E-state index contributed by atoms with van der Waals surface area (Å²) in [5.41, 5.74) is 5.93. The normalized spacial score (nSPS) is 22.2. The molecule has 1 rings (SSSR count). The molecule has 1 heterocycles. The van der Waals surface area contributed by atoms with Crippen molar-refractivity contribution < 1.29 is 4.74 Å². The van der Waals surface area contributed by atoms with E-state index < -0.39 is 0 Å². The third-order valence-electron chi connectivity index (χ3n) is 2.73. The van der Waals surface area contributed by atoms with E-state index in [1.54, 1.807) is 6.08 Å². The van der Waals surface area contributed by atoms with Gasteiger partial charge in [-0.2, -0.15) is 0 Å². The van der Waals surface area contributed by atoms with E-state index in [0.717, 1.165) is 19.0 Å². The number of ether oxygens (including phenoxy) is 1. The number of piperidine rings is 1. The maximum Gasteiger partial charge on any atom is 0.191 e. The minimum Gasteiger partial charge on any atom is -0.375 e. The minimum atomic E-state index is 0.580. The Kier molecular flexibility index (Phi) is 5.93. The highest BCUT2D eigenvalue weighted by molar-refractivity contribution is 5.78. The van der Waals surface area contributed by atoms with E-state index in [2.05, 4.69) is 23.4 Å². The van der Waals surface area contributed by atoms with Crippen LogP contribution in [-0.2, 0) is 4.74 Å². The number of hydrogen-bond donors (Lipinski definition) is 1. The molecule has 92 valence electrons. The lowest BCUT2D eigenvalue weighted by molar-refractivity contribution is 0.170. The van der Waals surface area contributed by atoms with Crippen LogP contribution in [0.1, 0.15) is 19.8 Å². The van der Waals surface area contributed by atoms with Gasteiger partial charge in [-0.25, -0.2) is 0 Å². The van der Waals surface area contributed by atoms with Crippen molar-refractivity contribution in [2.24, 2.45) is 16.6 Å². The molecule has 0 saturated carbocycles. The van der Waals surface area contributed by atoms with Crippen molar-refractivity contribution in [3.05, 3.63) is 12.7 Å². The molecule has 2 N–H and O–H groups in total. The van der Waals surface area contributed by atoms with Gasteiger partial charge in [0.25, 0.3) is 0 Å². The van der Waals surface area contributed by atoms with Crippen LogP contribution in [0.4, 0.5) is 0 Å². The second-order valence-corrected chi connectivity index (χ2v) is 4.30. The maximum atomic E-state index is 5.93. The van der Waals surface area contributed by atoms with Crippen LogP contribution in [0.3, 0.4) is 0 Å². The van der Waals surface area contributed by atoms with Crippen molar-refractivity contribution in [1.82, 2.24) is 4.90 Å². The topological polar surface area (TPSA) is 50.9 Å². The first-order valence-corrected chi connectivity index (χ1v) is 5.97. The molecule has 1 unspecified atom stereocenters. The van der Waals surface area contributed by atoms with Gasteiger partial charge in [-0.15, -0.1) is 6.58 Å². The van der Waals surface area contributed by atoms with Crippen LogP contribution in [-0.4, -0.2) is 43.7 Å². The van der Waals surface area contributed by atoms with Gasteiger partial charge in [0, 0.05) is 13.1 Å². The predicted molar refractivity (Wildman–Crippen MR) is 67.5 cm³/mol. The smallest absolute Gasteiger partial charge is 0.191 e. The molecular formula is C12H23N3O. The zero-order valence-corrected chi connectivity index (χ0v) is 10.2. The molecule has 0 aliphatic carbocycles. The average Bonchev–Trinajstić information content (AvgIpc) is 2.28. The highest BCUT2D eigenvalue weighted by Crippen LogP contribution is 2.14. The Hall–Kier alpha value is -1.03. The van der Waals surface area contributed by atoms with Crippen LogP contribution in [0.15, 0.2) is 17.6 Å². The molecule has 0 aromatic carbocycles. The van der Waals surface area contributed by atoms with E-state index in [1.807, 2.05) is 0 Å². The number of hydrogen-bond acceptors (Lipinski definition) is 2. The fourth-order valence-corrected chi connectivity index (χ4v) is 1.89. The quantitative estimate of drug-likeness (QED) is 0.331. The van der Waals surface area contributed by atoms with Gasteiger partial charge >= 0.3 is 0 Å². The van der Waals surface area contributed by atoms with Gasteiger partial charge in [0.2, 0.25) is 0 Å². The zero-order chi connectivity index (χ0) is 11.8. The average molecular weight is 225 g/mol. The minimum absolute atomic E-state index is 0.580. The molecule has 16 heavy (non-hydrogen) atoms. The number of nitrogens with two attached hydrogens (primary N) is 1. The number of rotatable bonds is 5. The second-order valence-electron chi connectivity index (χ2n) is 4.30. The summed E-state index contributed by atoms with van der Waals surface area (Å²) in [5.74, 6) is 1.38. The van der Waals surface area contributed by atoms with Crippen molar-refractivity contribution in [1.29, 1.82) is 0 Å². The molecule has 1 aliphatic rings. The summed E-state index contributed by atoms with van der Waals surface area (Å²) in [6, 6.07) is 0. The fraction of sp³-hybridized carbons (Fsp3) is 0.750. The molecule has 0 aromatic heterocycles. The lowest BCUT2D eigenvalue weighted by atomic mass is 10.0. The molecule has 1 aliphatic heterocycles. The van der Waals surface area contributed by atoms with Crippen molar-refractivity contribution in [3.63, 3.8) is 0 Å². The summed E-state index contributed by atoms with van der Waals surface area (Å²) < 4.78 is 5.24. The molecule has 4 nitrogen and oxygen atoms in total. The van der Waals surface area contributed by atoms with E-state index in [0.29, 0.717) is 25.7 Å². The Labute approximate surface area is 98.2 Å². The maximum absolute atomic E-state index is 5.93. The molecule has 0 spiro atoms. The van der Waals surface area contributed by atoms with Crippen molar-refractivity contribution >= 4 is 5.96 Å². The third kappa shape index (κ3) is 4.66. The number of guanidine groups is 1. The van der Waals surface area contributed by atoms with Gasteiger partial charge in [0.15, 0.2) is 5.96 Å². The number of nitrogens with zero attached hydrogens (tertiary/aromatic N) is 2. The van der Waals surface area contributed by atoms with Crippen molar-refractivity contribution in [2.75, 3.05) is 32.8 Å². The number of likely N-dealkylation sites (tertiary alicyclic amines) is 1. The van der Waals surface area contributed by atoms with Crippen LogP contribution in [0.5, 0.6) is 0 Å². The van der Waals surface area contributed by atoms with Crippen molar-refractivity contribution in [2.45, 2.75) is 19.8 Å². The molecule has 1 saturated heterocycles. The largest absolute Gasteiger partial charge is 0.375 e. The van der Waals surface area contributed by atoms with Crippen LogP contribution >= 0.6 is 0 Å². The van der Waals surface area contributed by atoms with Gasteiger partial charge in [-0.3, -0.25) is 4.99 Å². The Balaban J connectivity index is 2.23. The third-order valence-corrected chi connectivity index (χ3v) is 2.73. The van der Waals surface area contributed by atoms with Crippen LogP contribution in [0.2, 0.25) is 0 Å². The SMILES string of the molecule is C=CCOCCN=C(N)N1CCCC(C)C1. The van der Waals surface area contributed by atoms with Gasteiger partial charge in [-0.1, -0.05) is 13.0 Å². The highest BCUT2D eigenvalue weighted by atomic mass is 16.5. The molecule has 4 heteroatoms. The second kappa shape index (κ2) is 7.28. The number of aliphatic imine (C=N–C) groups is 1. The summed E-state index contributed by atoms with van der Waals surface area (Å²) in [6.07, 6.45) is 4.25. The summed E-state index contributed by atoms with van der Waals surface area (Å²) in [5, 5.41) is 0. The molecule has 0 bridgehead atoms. The standard InChI is InChI=1S/C12H23N3O/c1-3-8-16-9-6-14-12(13)15-7-4-5-11(2)10-15/h3,11H,1,4-10H2,2H3,(H2,13,14). The first-order valence-electron chi connectivity index (χ1n) is 5.97. The van der Waals surface area contributed by atoms with Gasteiger partial charge in [-0.05, 0) is 18.8 Å². The van der Waals surface area contributed by atoms with Crippen LogP contribution in [0, 0.1) is 5.92 Å². The molecule has 0 amide bonds. The monoisotopic (exact) mass is 225 g/mol. The van der Waals surface area contributed by atoms with E-state index >= 15 is 0 Å². The highest BCUT2D eigenvalue weighted by Gasteiger charge is 2.17. The molecule has 1 atom stereocenters. The Morgan fingerprint density at radius 3 is 3.19 bits per heavy atom. The summed E-state index contributed by atoms with van der Waals surface area (Å²) >= 11 is 0. The Morgan fingerprint density at radius 1 is 1.69 bits per heavy atom. The summed E-state index contributed by atoms with van der Waals surface area (Å²) in [7, 11) is 0. The first-order chi connectivity index (χ1) is 7.74. The van der Waals surface area contributed by atoms with E-state index in [1.165, 1.54) is 12.8 Å². The predicted octanol–water partition coefficient (Wildman–Crippen LogP) is 1.24. The van der Waals surface area contributed by atoms with Crippen molar-refractivity contribution in [3.8, 4) is 0 Å². The summed E-state index contributed by atoms with van der Waals surface area (Å²) in [4.78, 5) is 6.48. The Morgan fingerprint density at radius 2 is 2.50 bits per heavy atom. The van der Waals surface area contributed by atoms with Gasteiger partial charge in [0.05, 0.1) is 19.8 Å². The lowest BCUT2D eigenvalue weighted by Crippen LogP contribution is -2.43. The zero-order valence-electron chi connectivity index (χ0n) is 10.2. The van der Waals surface area contributed by atoms with Gasteiger partial charge < -0.3 is 15.4 Å². The molecule has 0 aromatic rings. The molecule has 1 fully saturated rings. The lowest BCUT2D eigenvalue weighted by Gasteiger charge is -2.31. The summed E-state index contributed by atoms with van der Waals surface area (Å²) in [6.45, 7) is 9.72. The molecular weight excluding hydrogens is 202 g/mol.